The fourth-order valence-corrected chi connectivity index (χ4v) is 2.70. The van der Waals surface area contributed by atoms with Crippen LogP contribution in [0.1, 0.15) is 17.3 Å². The van der Waals surface area contributed by atoms with E-state index in [1.165, 1.54) is 6.07 Å². The molecule has 0 atom stereocenters. The van der Waals surface area contributed by atoms with Crippen molar-refractivity contribution in [3.63, 3.8) is 0 Å². The number of amides is 2. The molecule has 9 heteroatoms. The van der Waals surface area contributed by atoms with Gasteiger partial charge < -0.3 is 4.57 Å². The molecule has 0 unspecified atom stereocenters. The number of benzene rings is 1. The third kappa shape index (κ3) is 5.10. The zero-order valence-corrected chi connectivity index (χ0v) is 14.4. The van der Waals surface area contributed by atoms with Gasteiger partial charge in [-0.2, -0.15) is 4.98 Å². The average Bonchev–Trinajstić information content (AvgIpc) is 2.58. The molecule has 1 aromatic carbocycles. The van der Waals surface area contributed by atoms with Gasteiger partial charge in [-0.25, -0.2) is 0 Å². The Morgan fingerprint density at radius 2 is 1.92 bits per heavy atom. The van der Waals surface area contributed by atoms with E-state index in [0.717, 1.165) is 11.8 Å². The summed E-state index contributed by atoms with van der Waals surface area (Å²) in [5.41, 5.74) is 4.63. The summed E-state index contributed by atoms with van der Waals surface area (Å²) in [6.45, 7) is 2.53. The summed E-state index contributed by atoms with van der Waals surface area (Å²) in [5.74, 6) is -0.853. The molecule has 2 amide bonds. The predicted molar refractivity (Wildman–Crippen MR) is 92.0 cm³/mol. The van der Waals surface area contributed by atoms with Gasteiger partial charge in [-0.05, 0) is 31.2 Å². The van der Waals surface area contributed by atoms with Crippen LogP contribution in [-0.2, 0) is 11.3 Å². The van der Waals surface area contributed by atoms with Crippen molar-refractivity contribution >= 4 is 35.2 Å². The van der Waals surface area contributed by atoms with E-state index in [0.29, 0.717) is 22.3 Å². The van der Waals surface area contributed by atoms with Crippen LogP contribution in [0.15, 0.2) is 46.5 Å². The van der Waals surface area contributed by atoms with E-state index in [9.17, 15) is 14.4 Å². The number of hydrazine groups is 1. The molecule has 7 nitrogen and oxygen atoms in total. The lowest BCUT2D eigenvalue weighted by Gasteiger charge is -2.10. The Morgan fingerprint density at radius 3 is 2.58 bits per heavy atom. The zero-order chi connectivity index (χ0) is 17.5. The van der Waals surface area contributed by atoms with Gasteiger partial charge in [0.25, 0.3) is 11.5 Å². The average molecular weight is 367 g/mol. The quantitative estimate of drug-likeness (QED) is 0.475. The molecule has 0 fully saturated rings. The molecular weight excluding hydrogens is 352 g/mol. The molecule has 0 saturated carbocycles. The summed E-state index contributed by atoms with van der Waals surface area (Å²) in [4.78, 5) is 38.8. The lowest BCUT2D eigenvalue weighted by Crippen LogP contribution is -2.42. The second kappa shape index (κ2) is 8.51. The summed E-state index contributed by atoms with van der Waals surface area (Å²) in [6, 6.07) is 7.62. The highest BCUT2D eigenvalue weighted by Gasteiger charge is 2.09. The van der Waals surface area contributed by atoms with E-state index >= 15 is 0 Å². The van der Waals surface area contributed by atoms with Crippen molar-refractivity contribution in [2.45, 2.75) is 18.6 Å². The van der Waals surface area contributed by atoms with Crippen molar-refractivity contribution in [2.75, 3.05) is 5.75 Å². The molecule has 0 saturated heterocycles. The minimum absolute atomic E-state index is 0.0113. The topological polar surface area (TPSA) is 93.1 Å². The Morgan fingerprint density at radius 1 is 1.21 bits per heavy atom. The standard InChI is InChI=1S/C15H15ClN4O3S/c1-2-20-8-7-12(21)17-15(20)24-9-13(22)18-19-14(23)10-3-5-11(16)6-4-10/h3-8H,2,9H2,1H3,(H,18,22)(H,19,23). The van der Waals surface area contributed by atoms with Crippen LogP contribution in [0.3, 0.4) is 0 Å². The maximum Gasteiger partial charge on any atom is 0.273 e. The summed E-state index contributed by atoms with van der Waals surface area (Å²) < 4.78 is 1.76. The van der Waals surface area contributed by atoms with Crippen LogP contribution in [0.5, 0.6) is 0 Å². The Hall–Kier alpha value is -2.32. The van der Waals surface area contributed by atoms with Gasteiger partial charge in [0.15, 0.2) is 5.16 Å². The van der Waals surface area contributed by atoms with Gasteiger partial charge in [-0.15, -0.1) is 0 Å². The van der Waals surface area contributed by atoms with Crippen LogP contribution in [0, 0.1) is 0 Å². The van der Waals surface area contributed by atoms with Crippen molar-refractivity contribution < 1.29 is 9.59 Å². The summed E-state index contributed by atoms with van der Waals surface area (Å²) >= 11 is 6.86. The highest BCUT2D eigenvalue weighted by molar-refractivity contribution is 7.99. The number of aryl methyl sites for hydroxylation is 1. The number of rotatable bonds is 5. The van der Waals surface area contributed by atoms with Crippen LogP contribution in [-0.4, -0.2) is 27.1 Å². The van der Waals surface area contributed by atoms with E-state index in [1.54, 1.807) is 35.0 Å². The van der Waals surface area contributed by atoms with Crippen LogP contribution in [0.25, 0.3) is 0 Å². The maximum atomic E-state index is 11.8. The number of nitrogens with zero attached hydrogens (tertiary/aromatic N) is 2. The minimum atomic E-state index is -0.451. The lowest BCUT2D eigenvalue weighted by atomic mass is 10.2. The van der Waals surface area contributed by atoms with Gasteiger partial charge in [-0.3, -0.25) is 25.2 Å². The van der Waals surface area contributed by atoms with Crippen molar-refractivity contribution in [1.82, 2.24) is 20.4 Å². The Labute approximate surface area is 147 Å². The van der Waals surface area contributed by atoms with Gasteiger partial charge in [0, 0.05) is 29.4 Å². The molecule has 1 heterocycles. The number of nitrogens with one attached hydrogen (secondary N) is 2. The van der Waals surface area contributed by atoms with Gasteiger partial charge in [0.05, 0.1) is 5.75 Å². The largest absolute Gasteiger partial charge is 0.328 e. The Bertz CT molecular complexity index is 792. The molecule has 0 aliphatic rings. The number of halogens is 1. The highest BCUT2D eigenvalue weighted by atomic mass is 35.5. The molecule has 2 N–H and O–H groups in total. The van der Waals surface area contributed by atoms with Gasteiger partial charge in [0.1, 0.15) is 0 Å². The van der Waals surface area contributed by atoms with Crippen LogP contribution in [0.2, 0.25) is 5.02 Å². The van der Waals surface area contributed by atoms with Crippen molar-refractivity contribution in [3.05, 3.63) is 57.5 Å². The fourth-order valence-electron chi connectivity index (χ4n) is 1.74. The molecule has 2 aromatic rings. The van der Waals surface area contributed by atoms with Crippen molar-refractivity contribution in [1.29, 1.82) is 0 Å². The van der Waals surface area contributed by atoms with Gasteiger partial charge in [-0.1, -0.05) is 23.4 Å². The molecule has 126 valence electrons. The Kier molecular flexibility index (Phi) is 6.39. The summed E-state index contributed by atoms with van der Waals surface area (Å²) in [5, 5.41) is 0.966. The summed E-state index contributed by atoms with van der Waals surface area (Å²) in [7, 11) is 0. The van der Waals surface area contributed by atoms with Crippen molar-refractivity contribution in [3.8, 4) is 0 Å². The van der Waals surface area contributed by atoms with Crippen molar-refractivity contribution in [2.24, 2.45) is 0 Å². The first-order chi connectivity index (χ1) is 11.5. The summed E-state index contributed by atoms with van der Waals surface area (Å²) in [6.07, 6.45) is 1.62. The van der Waals surface area contributed by atoms with Crippen LogP contribution in [0.4, 0.5) is 0 Å². The molecule has 2 rings (SSSR count). The molecule has 0 aliphatic carbocycles. The third-order valence-electron chi connectivity index (χ3n) is 2.94. The first-order valence-corrected chi connectivity index (χ1v) is 8.41. The number of carbonyl (C=O) groups excluding carboxylic acids is 2. The maximum absolute atomic E-state index is 11.8. The van der Waals surface area contributed by atoms with E-state index in [4.69, 9.17) is 11.6 Å². The molecule has 0 spiro atoms. The van der Waals surface area contributed by atoms with Crippen LogP contribution < -0.4 is 16.4 Å². The van der Waals surface area contributed by atoms with E-state index in [-0.39, 0.29) is 11.3 Å². The predicted octanol–water partition coefficient (Wildman–Crippen LogP) is 1.47. The molecule has 24 heavy (non-hydrogen) atoms. The second-order valence-corrected chi connectivity index (χ2v) is 6.01. The number of hydrogen-bond acceptors (Lipinski definition) is 5. The normalized spacial score (nSPS) is 10.2. The highest BCUT2D eigenvalue weighted by Crippen LogP contribution is 2.13. The monoisotopic (exact) mass is 366 g/mol. The molecule has 0 aliphatic heterocycles. The SMILES string of the molecule is CCn1ccc(=O)nc1SCC(=O)NNC(=O)c1ccc(Cl)cc1. The molecule has 0 radical (unpaired) electrons. The van der Waals surface area contributed by atoms with E-state index < -0.39 is 11.8 Å². The molecule has 0 bridgehead atoms. The van der Waals surface area contributed by atoms with E-state index in [1.807, 2.05) is 6.92 Å². The molecular formula is C15H15ClN4O3S. The first kappa shape index (κ1) is 18.0. The van der Waals surface area contributed by atoms with Gasteiger partial charge >= 0.3 is 0 Å². The Balaban J connectivity index is 1.85. The zero-order valence-electron chi connectivity index (χ0n) is 12.8. The first-order valence-electron chi connectivity index (χ1n) is 7.04. The smallest absolute Gasteiger partial charge is 0.273 e. The minimum Gasteiger partial charge on any atom is -0.328 e. The second-order valence-electron chi connectivity index (χ2n) is 4.63. The lowest BCUT2D eigenvalue weighted by molar-refractivity contribution is -0.119. The number of hydrogen-bond donors (Lipinski definition) is 2. The number of thioether (sulfide) groups is 1. The molecule has 1 aromatic heterocycles. The fraction of sp³-hybridized carbons (Fsp3) is 0.200. The number of carbonyl (C=O) groups is 2. The third-order valence-corrected chi connectivity index (χ3v) is 4.19. The number of aromatic nitrogens is 2. The van der Waals surface area contributed by atoms with Gasteiger partial charge in [0.2, 0.25) is 5.91 Å². The van der Waals surface area contributed by atoms with E-state index in [2.05, 4.69) is 15.8 Å². The van der Waals surface area contributed by atoms with Crippen LogP contribution >= 0.6 is 23.4 Å².